The van der Waals surface area contributed by atoms with Gasteiger partial charge in [-0.2, -0.15) is 5.10 Å². The van der Waals surface area contributed by atoms with Crippen LogP contribution in [0.3, 0.4) is 0 Å². The molecule has 0 atom stereocenters. The molecule has 22 heavy (non-hydrogen) atoms. The summed E-state index contributed by atoms with van der Waals surface area (Å²) in [4.78, 5) is 2.41. The van der Waals surface area contributed by atoms with Crippen LogP contribution in [0.1, 0.15) is 12.0 Å². The third-order valence-corrected chi connectivity index (χ3v) is 4.05. The van der Waals surface area contributed by atoms with Gasteiger partial charge < -0.3 is 10.1 Å². The van der Waals surface area contributed by atoms with Gasteiger partial charge in [0.25, 0.3) is 0 Å². The van der Waals surface area contributed by atoms with Gasteiger partial charge in [-0.15, -0.1) is 0 Å². The van der Waals surface area contributed by atoms with Crippen molar-refractivity contribution in [1.29, 1.82) is 0 Å². The highest BCUT2D eigenvalue weighted by Gasteiger charge is 2.08. The Kier molecular flexibility index (Phi) is 7.79. The maximum Gasteiger partial charge on any atom is 0.186 e. The van der Waals surface area contributed by atoms with Gasteiger partial charge in [0.2, 0.25) is 0 Å². The Morgan fingerprint density at radius 3 is 2.77 bits per heavy atom. The molecule has 1 aliphatic rings. The molecule has 0 amide bonds. The zero-order valence-electron chi connectivity index (χ0n) is 12.4. The third kappa shape index (κ3) is 6.83. The van der Waals surface area contributed by atoms with E-state index in [0.29, 0.717) is 5.11 Å². The molecule has 0 aliphatic carbocycles. The van der Waals surface area contributed by atoms with Crippen molar-refractivity contribution >= 4 is 39.5 Å². The van der Waals surface area contributed by atoms with E-state index in [2.05, 4.69) is 36.7 Å². The summed E-state index contributed by atoms with van der Waals surface area (Å²) in [6.07, 6.45) is 2.80. The van der Waals surface area contributed by atoms with Crippen molar-refractivity contribution in [2.75, 3.05) is 39.4 Å². The van der Waals surface area contributed by atoms with Crippen LogP contribution in [-0.4, -0.2) is 55.6 Å². The first kappa shape index (κ1) is 17.3. The monoisotopic (exact) mass is 384 g/mol. The number of thiocarbonyl (C=S) groups is 1. The highest BCUT2D eigenvalue weighted by molar-refractivity contribution is 9.10. The molecule has 2 N–H and O–H groups in total. The first-order valence-electron chi connectivity index (χ1n) is 7.36. The first-order chi connectivity index (χ1) is 10.7. The quantitative estimate of drug-likeness (QED) is 0.339. The molecule has 1 aromatic carbocycles. The maximum atomic E-state index is 5.32. The Bertz CT molecular complexity index is 489. The van der Waals surface area contributed by atoms with Gasteiger partial charge in [-0.3, -0.25) is 10.3 Å². The topological polar surface area (TPSA) is 48.9 Å². The van der Waals surface area contributed by atoms with Crippen LogP contribution in [0.4, 0.5) is 0 Å². The molecule has 1 heterocycles. The average Bonchev–Trinajstić information content (AvgIpc) is 2.54. The number of morpholine rings is 1. The van der Waals surface area contributed by atoms with E-state index in [0.717, 1.165) is 55.8 Å². The van der Waals surface area contributed by atoms with Crippen molar-refractivity contribution in [3.8, 4) is 0 Å². The van der Waals surface area contributed by atoms with E-state index in [1.807, 2.05) is 24.3 Å². The Labute approximate surface area is 145 Å². The molecular weight excluding hydrogens is 364 g/mol. The molecule has 0 bridgehead atoms. The minimum Gasteiger partial charge on any atom is -0.379 e. The molecule has 7 heteroatoms. The van der Waals surface area contributed by atoms with Gasteiger partial charge in [0.05, 0.1) is 19.4 Å². The Balaban J connectivity index is 1.56. The van der Waals surface area contributed by atoms with Crippen molar-refractivity contribution in [2.45, 2.75) is 6.42 Å². The molecule has 0 unspecified atom stereocenters. The normalized spacial score (nSPS) is 15.9. The molecule has 0 radical (unpaired) electrons. The average molecular weight is 385 g/mol. The van der Waals surface area contributed by atoms with Crippen molar-refractivity contribution < 1.29 is 4.74 Å². The molecule has 2 rings (SSSR count). The number of nitrogens with zero attached hydrogens (tertiary/aromatic N) is 2. The molecule has 120 valence electrons. The summed E-state index contributed by atoms with van der Waals surface area (Å²) in [5, 5.41) is 7.83. The molecule has 1 fully saturated rings. The van der Waals surface area contributed by atoms with Crippen LogP contribution in [0.15, 0.2) is 33.8 Å². The number of nitrogens with one attached hydrogen (secondary N) is 2. The fourth-order valence-corrected chi connectivity index (χ4v) is 2.50. The largest absolute Gasteiger partial charge is 0.379 e. The van der Waals surface area contributed by atoms with Crippen LogP contribution < -0.4 is 10.7 Å². The number of hydrogen-bond acceptors (Lipinski definition) is 4. The summed E-state index contributed by atoms with van der Waals surface area (Å²) < 4.78 is 6.38. The van der Waals surface area contributed by atoms with Gasteiger partial charge in [-0.1, -0.05) is 28.1 Å². The highest BCUT2D eigenvalue weighted by Crippen LogP contribution is 2.08. The predicted octanol–water partition coefficient (Wildman–Crippen LogP) is 1.97. The van der Waals surface area contributed by atoms with Crippen molar-refractivity contribution in [1.82, 2.24) is 15.6 Å². The number of hydrazone groups is 1. The van der Waals surface area contributed by atoms with E-state index in [9.17, 15) is 0 Å². The van der Waals surface area contributed by atoms with Gasteiger partial charge in [0.1, 0.15) is 0 Å². The third-order valence-electron chi connectivity index (χ3n) is 3.29. The number of benzene rings is 1. The molecule has 5 nitrogen and oxygen atoms in total. The minimum atomic E-state index is 0.551. The SMILES string of the molecule is S=C(NCCCN1CCOCC1)N/N=C\c1ccc(Br)cc1. The van der Waals surface area contributed by atoms with E-state index in [-0.39, 0.29) is 0 Å². The zero-order valence-corrected chi connectivity index (χ0v) is 14.8. The van der Waals surface area contributed by atoms with Crippen LogP contribution in [-0.2, 0) is 4.74 Å². The van der Waals surface area contributed by atoms with Crippen LogP contribution in [0.25, 0.3) is 0 Å². The number of hydrogen-bond donors (Lipinski definition) is 2. The molecular formula is C15H21BrN4OS. The number of halogens is 1. The second-order valence-electron chi connectivity index (χ2n) is 4.99. The second-order valence-corrected chi connectivity index (χ2v) is 6.31. The van der Waals surface area contributed by atoms with E-state index in [4.69, 9.17) is 17.0 Å². The Morgan fingerprint density at radius 2 is 2.05 bits per heavy atom. The zero-order chi connectivity index (χ0) is 15.6. The molecule has 0 spiro atoms. The first-order valence-corrected chi connectivity index (χ1v) is 8.57. The van der Waals surface area contributed by atoms with Gasteiger partial charge in [-0.05, 0) is 42.9 Å². The van der Waals surface area contributed by atoms with Crippen molar-refractivity contribution in [2.24, 2.45) is 5.10 Å². The fraction of sp³-hybridized carbons (Fsp3) is 0.467. The summed E-state index contributed by atoms with van der Waals surface area (Å²) in [7, 11) is 0. The molecule has 1 aliphatic heterocycles. The lowest BCUT2D eigenvalue weighted by Gasteiger charge is -2.26. The van der Waals surface area contributed by atoms with E-state index >= 15 is 0 Å². The number of rotatable bonds is 6. The Morgan fingerprint density at radius 1 is 1.32 bits per heavy atom. The lowest BCUT2D eigenvalue weighted by Crippen LogP contribution is -2.39. The summed E-state index contributed by atoms with van der Waals surface area (Å²) >= 11 is 8.58. The lowest BCUT2D eigenvalue weighted by atomic mass is 10.2. The van der Waals surface area contributed by atoms with Crippen LogP contribution in [0.2, 0.25) is 0 Å². The molecule has 1 aromatic rings. The van der Waals surface area contributed by atoms with E-state index in [1.54, 1.807) is 6.21 Å². The van der Waals surface area contributed by atoms with Gasteiger partial charge in [-0.25, -0.2) is 0 Å². The minimum absolute atomic E-state index is 0.551. The summed E-state index contributed by atoms with van der Waals surface area (Å²) in [6.45, 7) is 5.66. The summed E-state index contributed by atoms with van der Waals surface area (Å²) in [5.41, 5.74) is 3.85. The smallest absolute Gasteiger partial charge is 0.186 e. The van der Waals surface area contributed by atoms with Gasteiger partial charge >= 0.3 is 0 Å². The highest BCUT2D eigenvalue weighted by atomic mass is 79.9. The lowest BCUT2D eigenvalue weighted by molar-refractivity contribution is 0.0376. The standard InChI is InChI=1S/C15H21BrN4OS/c16-14-4-2-13(3-5-14)12-18-19-15(22)17-6-1-7-20-8-10-21-11-9-20/h2-5,12H,1,6-11H2,(H2,17,19,22)/b18-12-. The van der Waals surface area contributed by atoms with Gasteiger partial charge in [0, 0.05) is 24.1 Å². The van der Waals surface area contributed by atoms with Crippen LogP contribution >= 0.6 is 28.1 Å². The van der Waals surface area contributed by atoms with Crippen LogP contribution in [0.5, 0.6) is 0 Å². The summed E-state index contributed by atoms with van der Waals surface area (Å²) in [5.74, 6) is 0. The number of ether oxygens (including phenoxy) is 1. The maximum absolute atomic E-state index is 5.32. The fourth-order valence-electron chi connectivity index (χ4n) is 2.08. The van der Waals surface area contributed by atoms with Crippen LogP contribution in [0, 0.1) is 0 Å². The second kappa shape index (κ2) is 9.89. The summed E-state index contributed by atoms with van der Waals surface area (Å²) in [6, 6.07) is 7.91. The van der Waals surface area contributed by atoms with Crippen molar-refractivity contribution in [3.05, 3.63) is 34.3 Å². The predicted molar refractivity (Wildman–Crippen MR) is 97.3 cm³/mol. The van der Waals surface area contributed by atoms with Crippen molar-refractivity contribution in [3.63, 3.8) is 0 Å². The van der Waals surface area contributed by atoms with Gasteiger partial charge in [0.15, 0.2) is 5.11 Å². The van der Waals surface area contributed by atoms with E-state index < -0.39 is 0 Å². The Hall–Kier alpha value is -1.02. The molecule has 1 saturated heterocycles. The molecule has 0 aromatic heterocycles. The molecule has 0 saturated carbocycles. The van der Waals surface area contributed by atoms with E-state index in [1.165, 1.54) is 0 Å².